The molecule has 3 aromatic rings. The maximum absolute atomic E-state index is 14.7. The summed E-state index contributed by atoms with van der Waals surface area (Å²) >= 11 is 5.89. The molecule has 0 aliphatic heterocycles. The average molecular weight is 520 g/mol. The number of imidazole rings is 1. The molecule has 1 aromatic carbocycles. The Morgan fingerprint density at radius 2 is 1.92 bits per heavy atom. The van der Waals surface area contributed by atoms with Crippen molar-refractivity contribution in [2.24, 2.45) is 11.7 Å². The molecule has 0 spiro atoms. The van der Waals surface area contributed by atoms with Crippen molar-refractivity contribution in [2.45, 2.75) is 69.6 Å². The molecule has 36 heavy (non-hydrogen) atoms. The van der Waals surface area contributed by atoms with Gasteiger partial charge in [-0.05, 0) is 63.5 Å². The number of aromatic nitrogens is 4. The number of nitrogens with one attached hydrogen (secondary N) is 2. The number of aliphatic hydroxyl groups is 1. The summed E-state index contributed by atoms with van der Waals surface area (Å²) < 4.78 is 31.0. The van der Waals surface area contributed by atoms with Gasteiger partial charge in [0.05, 0.1) is 17.3 Å². The quantitative estimate of drug-likeness (QED) is 0.354. The number of fused-ring (bicyclic) bond motifs is 1. The van der Waals surface area contributed by atoms with E-state index in [1.165, 1.54) is 0 Å². The number of anilines is 3. The summed E-state index contributed by atoms with van der Waals surface area (Å²) in [5.41, 5.74) is 6.04. The third-order valence-corrected chi connectivity index (χ3v) is 7.45. The van der Waals surface area contributed by atoms with Gasteiger partial charge in [0.25, 0.3) is 0 Å². The van der Waals surface area contributed by atoms with Gasteiger partial charge < -0.3 is 21.5 Å². The number of benzene rings is 1. The van der Waals surface area contributed by atoms with E-state index >= 15 is 0 Å². The number of carbonyl (C=O) groups is 1. The van der Waals surface area contributed by atoms with Gasteiger partial charge in [-0.15, -0.1) is 0 Å². The Morgan fingerprint density at radius 3 is 2.64 bits per heavy atom. The van der Waals surface area contributed by atoms with E-state index in [2.05, 4.69) is 20.6 Å². The normalized spacial score (nSPS) is 24.6. The maximum atomic E-state index is 14.7. The van der Waals surface area contributed by atoms with Gasteiger partial charge in [0.1, 0.15) is 17.0 Å². The van der Waals surface area contributed by atoms with Crippen LogP contribution in [0.15, 0.2) is 18.3 Å². The number of halogens is 3. The Morgan fingerprint density at radius 1 is 1.14 bits per heavy atom. The minimum Gasteiger partial charge on any atom is -0.393 e. The van der Waals surface area contributed by atoms with Crippen LogP contribution in [0, 0.1) is 17.6 Å². The molecule has 12 heteroatoms. The average Bonchev–Trinajstić information content (AvgIpc) is 3.21. The van der Waals surface area contributed by atoms with Crippen LogP contribution in [0.1, 0.15) is 57.4 Å². The van der Waals surface area contributed by atoms with Gasteiger partial charge in [-0.2, -0.15) is 4.98 Å². The van der Waals surface area contributed by atoms with Crippen LogP contribution in [0.25, 0.3) is 11.2 Å². The fourth-order valence-corrected chi connectivity index (χ4v) is 5.40. The highest BCUT2D eigenvalue weighted by Gasteiger charge is 2.30. The van der Waals surface area contributed by atoms with Gasteiger partial charge in [-0.25, -0.2) is 18.7 Å². The summed E-state index contributed by atoms with van der Waals surface area (Å²) in [4.78, 5) is 25.3. The van der Waals surface area contributed by atoms with Crippen molar-refractivity contribution in [1.82, 2.24) is 19.5 Å². The van der Waals surface area contributed by atoms with E-state index in [-0.39, 0.29) is 41.0 Å². The summed E-state index contributed by atoms with van der Waals surface area (Å²) in [7, 11) is 0. The van der Waals surface area contributed by atoms with E-state index in [1.807, 2.05) is 4.57 Å². The van der Waals surface area contributed by atoms with Gasteiger partial charge in [0.15, 0.2) is 11.5 Å². The Balaban J connectivity index is 1.52. The van der Waals surface area contributed by atoms with Gasteiger partial charge in [-0.1, -0.05) is 11.6 Å². The molecule has 5 rings (SSSR count). The second-order valence-corrected chi connectivity index (χ2v) is 10.0. The molecule has 1 amide bonds. The summed E-state index contributed by atoms with van der Waals surface area (Å²) in [6, 6.07) is 2.15. The third-order valence-electron chi connectivity index (χ3n) is 7.16. The van der Waals surface area contributed by atoms with E-state index in [9.17, 15) is 18.7 Å². The highest BCUT2D eigenvalue weighted by atomic mass is 35.5. The van der Waals surface area contributed by atoms with Crippen LogP contribution >= 0.6 is 11.6 Å². The van der Waals surface area contributed by atoms with Crippen molar-refractivity contribution >= 4 is 46.3 Å². The molecule has 2 aliphatic rings. The largest absolute Gasteiger partial charge is 0.393 e. The number of carbonyl (C=O) groups excluding carboxylic acids is 1. The van der Waals surface area contributed by atoms with E-state index < -0.39 is 17.3 Å². The van der Waals surface area contributed by atoms with Crippen molar-refractivity contribution < 1.29 is 18.7 Å². The molecular formula is C24H28ClF2N7O2. The molecule has 2 aromatic heterocycles. The molecule has 0 saturated heterocycles. The van der Waals surface area contributed by atoms with Crippen LogP contribution in [-0.2, 0) is 4.79 Å². The Hall–Kier alpha value is -3.05. The summed E-state index contributed by atoms with van der Waals surface area (Å²) in [5.74, 6) is -1.67. The SMILES string of the molecule is NC(=O)[C@H]1CC[C@@H](n2c(Nc3c(F)ccc(Cl)c3F)nc3cnc(NC4CCC[C@@H](O)C4)nc32)CC1. The van der Waals surface area contributed by atoms with E-state index in [4.69, 9.17) is 22.3 Å². The number of nitrogens with two attached hydrogens (primary N) is 1. The highest BCUT2D eigenvalue weighted by Crippen LogP contribution is 2.38. The molecule has 9 nitrogen and oxygen atoms in total. The molecule has 2 aliphatic carbocycles. The third kappa shape index (κ3) is 4.94. The molecular weight excluding hydrogens is 492 g/mol. The number of aliphatic hydroxyl groups excluding tert-OH is 1. The Kier molecular flexibility index (Phi) is 6.94. The van der Waals surface area contributed by atoms with Crippen molar-refractivity contribution in [3.63, 3.8) is 0 Å². The van der Waals surface area contributed by atoms with Crippen molar-refractivity contribution in [3.8, 4) is 0 Å². The maximum Gasteiger partial charge on any atom is 0.224 e. The minimum absolute atomic E-state index is 0.0424. The fourth-order valence-electron chi connectivity index (χ4n) is 5.24. The zero-order valence-electron chi connectivity index (χ0n) is 19.6. The zero-order chi connectivity index (χ0) is 25.4. The van der Waals surface area contributed by atoms with Crippen molar-refractivity contribution in [2.75, 3.05) is 10.6 Å². The van der Waals surface area contributed by atoms with E-state index in [0.717, 1.165) is 31.4 Å². The first kappa shape index (κ1) is 24.6. The van der Waals surface area contributed by atoms with E-state index in [0.29, 0.717) is 49.2 Å². The van der Waals surface area contributed by atoms with Crippen molar-refractivity contribution in [3.05, 3.63) is 35.0 Å². The van der Waals surface area contributed by atoms with Crippen LogP contribution in [0.5, 0.6) is 0 Å². The first-order valence-electron chi connectivity index (χ1n) is 12.2. The number of hydrogen-bond acceptors (Lipinski definition) is 7. The van der Waals surface area contributed by atoms with Gasteiger partial charge in [-0.3, -0.25) is 9.36 Å². The van der Waals surface area contributed by atoms with Gasteiger partial charge in [0.2, 0.25) is 17.8 Å². The lowest BCUT2D eigenvalue weighted by Crippen LogP contribution is -2.30. The van der Waals surface area contributed by atoms with Crippen LogP contribution in [0.4, 0.5) is 26.4 Å². The molecule has 2 atom stereocenters. The molecule has 0 bridgehead atoms. The number of primary amides is 1. The van der Waals surface area contributed by atoms with E-state index in [1.54, 1.807) is 6.20 Å². The van der Waals surface area contributed by atoms with Crippen LogP contribution in [0.3, 0.4) is 0 Å². The molecule has 192 valence electrons. The predicted molar refractivity (Wildman–Crippen MR) is 132 cm³/mol. The van der Waals surface area contributed by atoms with Gasteiger partial charge >= 0.3 is 0 Å². The van der Waals surface area contributed by atoms with Crippen LogP contribution < -0.4 is 16.4 Å². The lowest BCUT2D eigenvalue weighted by molar-refractivity contribution is -0.122. The number of rotatable bonds is 6. The predicted octanol–water partition coefficient (Wildman–Crippen LogP) is 4.43. The van der Waals surface area contributed by atoms with Crippen LogP contribution in [0.2, 0.25) is 5.02 Å². The summed E-state index contributed by atoms with van der Waals surface area (Å²) in [6.07, 6.45) is 6.83. The second-order valence-electron chi connectivity index (χ2n) is 9.62. The molecule has 5 N–H and O–H groups in total. The molecule has 2 saturated carbocycles. The standard InChI is InChI=1S/C24H28ClF2N7O2/c25-16-8-9-17(26)20(19(16)27)32-24-31-18-11-29-23(30-13-2-1-3-15(35)10-13)33-22(18)34(24)14-6-4-12(5-7-14)21(28)36/h8-9,11-15,35H,1-7,10H2,(H2,28,36)(H,31,32)(H,29,30,33)/t12-,13?,14+,15-/m1/s1. The minimum atomic E-state index is -0.919. The number of amides is 1. The summed E-state index contributed by atoms with van der Waals surface area (Å²) in [5, 5.41) is 15.9. The lowest BCUT2D eigenvalue weighted by atomic mass is 9.85. The topological polar surface area (TPSA) is 131 Å². The first-order chi connectivity index (χ1) is 17.3. The number of hydrogen-bond donors (Lipinski definition) is 4. The first-order valence-corrected chi connectivity index (χ1v) is 12.6. The fraction of sp³-hybridized carbons (Fsp3) is 0.500. The highest BCUT2D eigenvalue weighted by molar-refractivity contribution is 6.31. The Bertz CT molecular complexity index is 1280. The Labute approximate surface area is 211 Å². The second kappa shape index (κ2) is 10.1. The van der Waals surface area contributed by atoms with Crippen molar-refractivity contribution in [1.29, 1.82) is 0 Å². The molecule has 1 unspecified atom stereocenters. The molecule has 2 fully saturated rings. The van der Waals surface area contributed by atoms with Crippen LogP contribution in [-0.4, -0.2) is 42.7 Å². The monoisotopic (exact) mass is 519 g/mol. The summed E-state index contributed by atoms with van der Waals surface area (Å²) in [6.45, 7) is 0. The smallest absolute Gasteiger partial charge is 0.224 e. The molecule has 2 heterocycles. The van der Waals surface area contributed by atoms with Gasteiger partial charge in [0, 0.05) is 18.0 Å². The number of nitrogens with zero attached hydrogens (tertiary/aromatic N) is 4. The zero-order valence-corrected chi connectivity index (χ0v) is 20.3. The molecule has 0 radical (unpaired) electrons. The lowest BCUT2D eigenvalue weighted by Gasteiger charge is -2.29.